The van der Waals surface area contributed by atoms with Crippen LogP contribution in [0.3, 0.4) is 0 Å². The number of hydrogen-bond donors (Lipinski definition) is 1. The third kappa shape index (κ3) is 5.17. The first-order valence-corrected chi connectivity index (χ1v) is 7.83. The number of aromatic nitrogens is 4. The number of ether oxygens (including phenoxy) is 1. The van der Waals surface area contributed by atoms with Crippen molar-refractivity contribution in [1.82, 2.24) is 25.5 Å². The van der Waals surface area contributed by atoms with Crippen molar-refractivity contribution in [1.29, 1.82) is 0 Å². The van der Waals surface area contributed by atoms with Gasteiger partial charge < -0.3 is 10.1 Å². The van der Waals surface area contributed by atoms with Gasteiger partial charge in [0.2, 0.25) is 0 Å². The average molecular weight is 281 g/mol. The zero-order valence-corrected chi connectivity index (χ0v) is 12.7. The van der Waals surface area contributed by atoms with Gasteiger partial charge in [0.25, 0.3) is 0 Å². The lowest BCUT2D eigenvalue weighted by molar-refractivity contribution is 0.0223. The van der Waals surface area contributed by atoms with Crippen LogP contribution in [0.25, 0.3) is 0 Å². The van der Waals surface area contributed by atoms with Gasteiger partial charge in [-0.3, -0.25) is 0 Å². The Labute approximate surface area is 121 Å². The highest BCUT2D eigenvalue weighted by atomic mass is 16.5. The van der Waals surface area contributed by atoms with Crippen molar-refractivity contribution in [2.75, 3.05) is 13.2 Å². The Morgan fingerprint density at radius 3 is 2.85 bits per heavy atom. The van der Waals surface area contributed by atoms with Gasteiger partial charge in [-0.2, -0.15) is 0 Å². The van der Waals surface area contributed by atoms with Crippen LogP contribution in [0.2, 0.25) is 0 Å². The lowest BCUT2D eigenvalue weighted by Crippen LogP contribution is -2.23. The van der Waals surface area contributed by atoms with Crippen LogP contribution >= 0.6 is 0 Å². The molecule has 1 fully saturated rings. The first-order chi connectivity index (χ1) is 9.75. The molecular formula is C14H27N5O. The number of hydrogen-bond acceptors (Lipinski definition) is 5. The van der Waals surface area contributed by atoms with Crippen LogP contribution in [-0.4, -0.2) is 39.5 Å². The van der Waals surface area contributed by atoms with Gasteiger partial charge in [0.15, 0.2) is 5.82 Å². The fourth-order valence-electron chi connectivity index (χ4n) is 2.53. The largest absolute Gasteiger partial charge is 0.376 e. The summed E-state index contributed by atoms with van der Waals surface area (Å²) in [4.78, 5) is 0. The quantitative estimate of drug-likeness (QED) is 0.786. The van der Waals surface area contributed by atoms with E-state index in [1.54, 1.807) is 0 Å². The van der Waals surface area contributed by atoms with E-state index in [-0.39, 0.29) is 0 Å². The monoisotopic (exact) mass is 281 g/mol. The molecule has 1 N–H and O–H groups in total. The SMILES string of the molecule is CC(C)CNCc1nnnn1CCOC1CCCCC1. The highest BCUT2D eigenvalue weighted by Gasteiger charge is 2.14. The molecule has 0 radical (unpaired) electrons. The van der Waals surface area contributed by atoms with Crippen molar-refractivity contribution in [3.63, 3.8) is 0 Å². The van der Waals surface area contributed by atoms with E-state index in [1.165, 1.54) is 32.1 Å². The van der Waals surface area contributed by atoms with Crippen LogP contribution in [-0.2, 0) is 17.8 Å². The molecule has 0 saturated heterocycles. The van der Waals surface area contributed by atoms with Gasteiger partial charge in [-0.25, -0.2) is 4.68 Å². The molecule has 0 amide bonds. The summed E-state index contributed by atoms with van der Waals surface area (Å²) >= 11 is 0. The molecule has 0 bridgehead atoms. The molecule has 0 atom stereocenters. The standard InChI is InChI=1S/C14H27N5O/c1-12(2)10-15-11-14-16-17-18-19(14)8-9-20-13-6-4-3-5-7-13/h12-13,15H,3-11H2,1-2H3. The van der Waals surface area contributed by atoms with E-state index in [0.29, 0.717) is 25.2 Å². The highest BCUT2D eigenvalue weighted by Crippen LogP contribution is 2.20. The van der Waals surface area contributed by atoms with Crippen LogP contribution in [0.4, 0.5) is 0 Å². The van der Waals surface area contributed by atoms with Crippen LogP contribution in [0.1, 0.15) is 51.8 Å². The fraction of sp³-hybridized carbons (Fsp3) is 0.929. The van der Waals surface area contributed by atoms with Gasteiger partial charge in [-0.1, -0.05) is 33.1 Å². The van der Waals surface area contributed by atoms with E-state index in [1.807, 2.05) is 4.68 Å². The van der Waals surface area contributed by atoms with Gasteiger partial charge in [0, 0.05) is 0 Å². The molecule has 0 unspecified atom stereocenters. The average Bonchev–Trinajstić information content (AvgIpc) is 2.87. The molecule has 6 heteroatoms. The number of nitrogens with zero attached hydrogens (tertiary/aromatic N) is 4. The van der Waals surface area contributed by atoms with Crippen LogP contribution in [0.15, 0.2) is 0 Å². The third-order valence-electron chi connectivity index (χ3n) is 3.65. The summed E-state index contributed by atoms with van der Waals surface area (Å²) in [5, 5.41) is 15.2. The van der Waals surface area contributed by atoms with E-state index >= 15 is 0 Å². The highest BCUT2D eigenvalue weighted by molar-refractivity contribution is 4.79. The van der Waals surface area contributed by atoms with Crippen molar-refractivity contribution in [3.05, 3.63) is 5.82 Å². The minimum atomic E-state index is 0.447. The first-order valence-electron chi connectivity index (χ1n) is 7.83. The normalized spacial score (nSPS) is 16.9. The molecular weight excluding hydrogens is 254 g/mol. The maximum absolute atomic E-state index is 5.92. The molecule has 1 heterocycles. The summed E-state index contributed by atoms with van der Waals surface area (Å²) in [6.07, 6.45) is 6.83. The molecule has 20 heavy (non-hydrogen) atoms. The minimum absolute atomic E-state index is 0.447. The maximum atomic E-state index is 5.92. The molecule has 1 aliphatic rings. The third-order valence-corrected chi connectivity index (χ3v) is 3.65. The second-order valence-electron chi connectivity index (χ2n) is 5.97. The Morgan fingerprint density at radius 1 is 1.30 bits per heavy atom. The van der Waals surface area contributed by atoms with E-state index in [0.717, 1.165) is 18.9 Å². The molecule has 0 aromatic carbocycles. The van der Waals surface area contributed by atoms with Crippen LogP contribution < -0.4 is 5.32 Å². The van der Waals surface area contributed by atoms with E-state index < -0.39 is 0 Å². The Balaban J connectivity index is 1.68. The number of rotatable bonds is 8. The smallest absolute Gasteiger partial charge is 0.165 e. The summed E-state index contributed by atoms with van der Waals surface area (Å²) in [6, 6.07) is 0. The van der Waals surface area contributed by atoms with Crippen molar-refractivity contribution < 1.29 is 4.74 Å². The topological polar surface area (TPSA) is 64.9 Å². The molecule has 1 aromatic rings. The van der Waals surface area contributed by atoms with E-state index in [2.05, 4.69) is 34.7 Å². The van der Waals surface area contributed by atoms with Gasteiger partial charge in [0.05, 0.1) is 25.8 Å². The zero-order chi connectivity index (χ0) is 14.2. The predicted octanol–water partition coefficient (Wildman–Crippen LogP) is 1.77. The summed E-state index contributed by atoms with van der Waals surface area (Å²) in [5.74, 6) is 1.52. The van der Waals surface area contributed by atoms with Crippen molar-refractivity contribution in [2.24, 2.45) is 5.92 Å². The second-order valence-corrected chi connectivity index (χ2v) is 5.97. The zero-order valence-electron chi connectivity index (χ0n) is 12.7. The lowest BCUT2D eigenvalue weighted by Gasteiger charge is -2.21. The van der Waals surface area contributed by atoms with Crippen molar-refractivity contribution >= 4 is 0 Å². The predicted molar refractivity (Wildman–Crippen MR) is 77.2 cm³/mol. The molecule has 114 valence electrons. The van der Waals surface area contributed by atoms with Gasteiger partial charge in [-0.05, 0) is 35.7 Å². The van der Waals surface area contributed by atoms with Crippen molar-refractivity contribution in [3.8, 4) is 0 Å². The Kier molecular flexibility index (Phi) is 6.39. The van der Waals surface area contributed by atoms with Gasteiger partial charge in [-0.15, -0.1) is 5.10 Å². The lowest BCUT2D eigenvalue weighted by atomic mass is 9.98. The number of tetrazole rings is 1. The summed E-state index contributed by atoms with van der Waals surface area (Å²) < 4.78 is 7.76. The number of nitrogens with one attached hydrogen (secondary N) is 1. The fourth-order valence-corrected chi connectivity index (χ4v) is 2.53. The van der Waals surface area contributed by atoms with Gasteiger partial charge in [0.1, 0.15) is 0 Å². The molecule has 6 nitrogen and oxygen atoms in total. The Bertz CT molecular complexity index is 373. The first kappa shape index (κ1) is 15.4. The summed E-state index contributed by atoms with van der Waals surface area (Å²) in [6.45, 7) is 7.51. The molecule has 1 saturated carbocycles. The second kappa shape index (κ2) is 8.32. The van der Waals surface area contributed by atoms with Gasteiger partial charge >= 0.3 is 0 Å². The maximum Gasteiger partial charge on any atom is 0.165 e. The van der Waals surface area contributed by atoms with E-state index in [4.69, 9.17) is 4.74 Å². The van der Waals surface area contributed by atoms with Crippen LogP contribution in [0, 0.1) is 5.92 Å². The molecule has 2 rings (SSSR count). The summed E-state index contributed by atoms with van der Waals surface area (Å²) in [7, 11) is 0. The van der Waals surface area contributed by atoms with Crippen LogP contribution in [0.5, 0.6) is 0 Å². The minimum Gasteiger partial charge on any atom is -0.376 e. The Hall–Kier alpha value is -1.01. The van der Waals surface area contributed by atoms with Crippen molar-refractivity contribution in [2.45, 2.75) is 65.1 Å². The van der Waals surface area contributed by atoms with E-state index in [9.17, 15) is 0 Å². The summed E-state index contributed by atoms with van der Waals surface area (Å²) in [5.41, 5.74) is 0. The Morgan fingerprint density at radius 2 is 2.10 bits per heavy atom. The molecule has 0 aliphatic heterocycles. The molecule has 1 aliphatic carbocycles. The molecule has 1 aromatic heterocycles. The molecule has 0 spiro atoms.